The van der Waals surface area contributed by atoms with Crippen LogP contribution in [0.3, 0.4) is 0 Å². The highest BCUT2D eigenvalue weighted by atomic mass is 32.2. The minimum atomic E-state index is -3.74. The number of nitrogens with zero attached hydrogens (tertiary/aromatic N) is 2. The second-order valence-electron chi connectivity index (χ2n) is 6.70. The predicted octanol–water partition coefficient (Wildman–Crippen LogP) is 2.57. The van der Waals surface area contributed by atoms with E-state index in [9.17, 15) is 22.4 Å². The predicted molar refractivity (Wildman–Crippen MR) is 107 cm³/mol. The summed E-state index contributed by atoms with van der Waals surface area (Å²) >= 11 is 0. The van der Waals surface area contributed by atoms with Gasteiger partial charge in [-0.05, 0) is 42.8 Å². The first-order chi connectivity index (χ1) is 13.8. The molecule has 1 aliphatic rings. The van der Waals surface area contributed by atoms with Crippen molar-refractivity contribution in [2.24, 2.45) is 0 Å². The van der Waals surface area contributed by atoms with Gasteiger partial charge in [0.05, 0.1) is 4.90 Å². The van der Waals surface area contributed by atoms with Crippen LogP contribution in [0.2, 0.25) is 0 Å². The van der Waals surface area contributed by atoms with E-state index in [0.717, 1.165) is 0 Å². The molecule has 152 valence electrons. The minimum absolute atomic E-state index is 0.0657. The van der Waals surface area contributed by atoms with E-state index < -0.39 is 10.0 Å². The van der Waals surface area contributed by atoms with Crippen molar-refractivity contribution in [3.05, 3.63) is 71.6 Å². The molecular weight excluding hydrogens is 395 g/mol. The number of rotatable bonds is 5. The SMILES string of the molecule is CC(=O)c1cccc(S(=O)(=O)N2CCN(C(=O)/C=C/c3cccc(F)c3)CC2)c1. The number of amides is 1. The Balaban J connectivity index is 1.64. The number of halogens is 1. The van der Waals surface area contributed by atoms with Crippen LogP contribution in [0.1, 0.15) is 22.8 Å². The van der Waals surface area contributed by atoms with Crippen molar-refractivity contribution in [3.63, 3.8) is 0 Å². The van der Waals surface area contributed by atoms with Crippen LogP contribution < -0.4 is 0 Å². The van der Waals surface area contributed by atoms with Gasteiger partial charge in [0.1, 0.15) is 5.82 Å². The lowest BCUT2D eigenvalue weighted by atomic mass is 10.2. The fraction of sp³-hybridized carbons (Fsp3) is 0.238. The molecule has 0 spiro atoms. The van der Waals surface area contributed by atoms with E-state index in [-0.39, 0.29) is 48.6 Å². The standard InChI is InChI=1S/C21H21FN2O4S/c1-16(25)18-5-3-7-20(15-18)29(27,28)24-12-10-23(11-13-24)21(26)9-8-17-4-2-6-19(22)14-17/h2-9,14-15H,10-13H2,1H3/b9-8+. The molecule has 0 saturated carbocycles. The first-order valence-electron chi connectivity index (χ1n) is 9.11. The second-order valence-corrected chi connectivity index (χ2v) is 8.64. The average Bonchev–Trinajstić information content (AvgIpc) is 2.72. The lowest BCUT2D eigenvalue weighted by Crippen LogP contribution is -2.50. The summed E-state index contributed by atoms with van der Waals surface area (Å²) < 4.78 is 40.2. The Kier molecular flexibility index (Phi) is 6.24. The Morgan fingerprint density at radius 3 is 2.34 bits per heavy atom. The van der Waals surface area contributed by atoms with Crippen molar-refractivity contribution in [2.75, 3.05) is 26.2 Å². The number of benzene rings is 2. The van der Waals surface area contributed by atoms with Crippen molar-refractivity contribution >= 4 is 27.8 Å². The molecule has 2 aromatic carbocycles. The van der Waals surface area contributed by atoms with E-state index in [1.54, 1.807) is 29.2 Å². The molecule has 2 aromatic rings. The molecule has 0 bridgehead atoms. The van der Waals surface area contributed by atoms with E-state index >= 15 is 0 Å². The lowest BCUT2D eigenvalue weighted by molar-refractivity contribution is -0.127. The monoisotopic (exact) mass is 416 g/mol. The number of piperazine rings is 1. The zero-order valence-electron chi connectivity index (χ0n) is 15.9. The molecule has 0 N–H and O–H groups in total. The quantitative estimate of drug-likeness (QED) is 0.555. The van der Waals surface area contributed by atoms with E-state index in [2.05, 4.69) is 0 Å². The van der Waals surface area contributed by atoms with E-state index in [1.807, 2.05) is 0 Å². The highest BCUT2D eigenvalue weighted by molar-refractivity contribution is 7.89. The molecule has 1 amide bonds. The van der Waals surface area contributed by atoms with E-state index in [4.69, 9.17) is 0 Å². The Labute approximate surface area is 169 Å². The Morgan fingerprint density at radius 2 is 1.69 bits per heavy atom. The second kappa shape index (κ2) is 8.67. The van der Waals surface area contributed by atoms with Gasteiger partial charge in [-0.3, -0.25) is 9.59 Å². The number of hydrogen-bond acceptors (Lipinski definition) is 4. The maximum atomic E-state index is 13.2. The molecule has 0 aliphatic carbocycles. The topological polar surface area (TPSA) is 74.8 Å². The molecule has 6 nitrogen and oxygen atoms in total. The first-order valence-corrected chi connectivity index (χ1v) is 10.5. The molecular formula is C21H21FN2O4S. The van der Waals surface area contributed by atoms with Gasteiger partial charge in [-0.2, -0.15) is 4.31 Å². The number of Topliss-reactive ketones (excluding diaryl/α,β-unsaturated/α-hetero) is 1. The van der Waals surface area contributed by atoms with Crippen LogP contribution in [0.4, 0.5) is 4.39 Å². The third kappa shape index (κ3) is 4.96. The number of carbonyl (C=O) groups excluding carboxylic acids is 2. The van der Waals surface area contributed by atoms with Crippen LogP contribution >= 0.6 is 0 Å². The lowest BCUT2D eigenvalue weighted by Gasteiger charge is -2.33. The van der Waals surface area contributed by atoms with Gasteiger partial charge in [0, 0.05) is 37.8 Å². The maximum Gasteiger partial charge on any atom is 0.246 e. The van der Waals surface area contributed by atoms with Gasteiger partial charge in [0.2, 0.25) is 15.9 Å². The van der Waals surface area contributed by atoms with E-state index in [1.165, 1.54) is 47.6 Å². The smallest absolute Gasteiger partial charge is 0.246 e. The fourth-order valence-corrected chi connectivity index (χ4v) is 4.53. The average molecular weight is 416 g/mol. The molecule has 29 heavy (non-hydrogen) atoms. The summed E-state index contributed by atoms with van der Waals surface area (Å²) in [6, 6.07) is 11.8. The largest absolute Gasteiger partial charge is 0.337 e. The maximum absolute atomic E-state index is 13.2. The summed E-state index contributed by atoms with van der Waals surface area (Å²) in [5.41, 5.74) is 0.910. The molecule has 0 unspecified atom stereocenters. The normalized spacial score (nSPS) is 15.6. The van der Waals surface area contributed by atoms with Crippen LogP contribution in [0.15, 0.2) is 59.5 Å². The molecule has 0 radical (unpaired) electrons. The summed E-state index contributed by atoms with van der Waals surface area (Å²) in [6.45, 7) is 2.20. The Hall–Kier alpha value is -2.84. The van der Waals surface area contributed by atoms with Crippen LogP contribution in [0.25, 0.3) is 6.08 Å². The van der Waals surface area contributed by atoms with Crippen LogP contribution in [0.5, 0.6) is 0 Å². The van der Waals surface area contributed by atoms with Gasteiger partial charge < -0.3 is 4.90 Å². The van der Waals surface area contributed by atoms with Gasteiger partial charge in [0.15, 0.2) is 5.78 Å². The van der Waals surface area contributed by atoms with Gasteiger partial charge in [-0.15, -0.1) is 0 Å². The number of ketones is 1. The molecule has 0 aromatic heterocycles. The van der Waals surface area contributed by atoms with Crippen LogP contribution in [-0.2, 0) is 14.8 Å². The minimum Gasteiger partial charge on any atom is -0.337 e. The zero-order chi connectivity index (χ0) is 21.0. The zero-order valence-corrected chi connectivity index (χ0v) is 16.7. The third-order valence-corrected chi connectivity index (χ3v) is 6.59. The van der Waals surface area contributed by atoms with E-state index in [0.29, 0.717) is 11.1 Å². The summed E-state index contributed by atoms with van der Waals surface area (Å²) in [6.07, 6.45) is 2.89. The molecule has 8 heteroatoms. The molecule has 1 saturated heterocycles. The fourth-order valence-electron chi connectivity index (χ4n) is 3.06. The van der Waals surface area contributed by atoms with Crippen molar-refractivity contribution in [2.45, 2.75) is 11.8 Å². The molecule has 1 aliphatic heterocycles. The first kappa shape index (κ1) is 20.9. The van der Waals surface area contributed by atoms with Crippen molar-refractivity contribution in [1.29, 1.82) is 0 Å². The van der Waals surface area contributed by atoms with Crippen molar-refractivity contribution in [3.8, 4) is 0 Å². The summed E-state index contributed by atoms with van der Waals surface area (Å²) in [7, 11) is -3.74. The van der Waals surface area contributed by atoms with Crippen LogP contribution in [0, 0.1) is 5.82 Å². The summed E-state index contributed by atoms with van der Waals surface area (Å²) in [5.74, 6) is -0.848. The molecule has 3 rings (SSSR count). The molecule has 0 atom stereocenters. The number of sulfonamides is 1. The van der Waals surface area contributed by atoms with Gasteiger partial charge in [-0.25, -0.2) is 12.8 Å². The van der Waals surface area contributed by atoms with Gasteiger partial charge in [-0.1, -0.05) is 24.3 Å². The Bertz CT molecular complexity index is 1060. The van der Waals surface area contributed by atoms with Crippen molar-refractivity contribution < 1.29 is 22.4 Å². The highest BCUT2D eigenvalue weighted by Crippen LogP contribution is 2.19. The molecule has 1 fully saturated rings. The van der Waals surface area contributed by atoms with Gasteiger partial charge >= 0.3 is 0 Å². The highest BCUT2D eigenvalue weighted by Gasteiger charge is 2.29. The summed E-state index contributed by atoms with van der Waals surface area (Å²) in [5, 5.41) is 0. The van der Waals surface area contributed by atoms with Gasteiger partial charge in [0.25, 0.3) is 0 Å². The van der Waals surface area contributed by atoms with Crippen molar-refractivity contribution in [1.82, 2.24) is 9.21 Å². The molecule has 1 heterocycles. The third-order valence-electron chi connectivity index (χ3n) is 4.70. The number of hydrogen-bond donors (Lipinski definition) is 0. The van der Waals surface area contributed by atoms with Crippen LogP contribution in [-0.4, -0.2) is 55.5 Å². The Morgan fingerprint density at radius 1 is 1.00 bits per heavy atom. The number of carbonyl (C=O) groups is 2. The summed E-state index contributed by atoms with van der Waals surface area (Å²) in [4.78, 5) is 25.5.